The number of nitrogens with zero attached hydrogens (tertiary/aromatic N) is 1. The van der Waals surface area contributed by atoms with Crippen LogP contribution >= 0.6 is 0 Å². The minimum atomic E-state index is 0.295. The Balaban J connectivity index is 1.97. The lowest BCUT2D eigenvalue weighted by Gasteiger charge is -2.47. The van der Waals surface area contributed by atoms with Crippen LogP contribution < -0.4 is 5.32 Å². The van der Waals surface area contributed by atoms with E-state index in [-0.39, 0.29) is 0 Å². The zero-order chi connectivity index (χ0) is 11.8. The van der Waals surface area contributed by atoms with Gasteiger partial charge in [0.05, 0.1) is 0 Å². The first kappa shape index (κ1) is 12.4. The molecule has 1 aliphatic carbocycles. The summed E-state index contributed by atoms with van der Waals surface area (Å²) in [5.41, 5.74) is 0.295. The van der Waals surface area contributed by atoms with E-state index in [1.807, 2.05) is 0 Å². The molecule has 2 nitrogen and oxygen atoms in total. The largest absolute Gasteiger partial charge is 0.309 e. The number of hydrogen-bond acceptors (Lipinski definition) is 2. The fourth-order valence-corrected chi connectivity index (χ4v) is 2.97. The fourth-order valence-electron chi connectivity index (χ4n) is 2.97. The van der Waals surface area contributed by atoms with Gasteiger partial charge in [0.15, 0.2) is 0 Å². The van der Waals surface area contributed by atoms with Gasteiger partial charge in [-0.15, -0.1) is 0 Å². The molecule has 2 aliphatic rings. The maximum atomic E-state index is 3.64. The normalized spacial score (nSPS) is 32.6. The summed E-state index contributed by atoms with van der Waals surface area (Å²) >= 11 is 0. The van der Waals surface area contributed by atoms with Crippen molar-refractivity contribution in [1.29, 1.82) is 0 Å². The predicted molar refractivity (Wildman–Crippen MR) is 69.7 cm³/mol. The highest BCUT2D eigenvalue weighted by atomic mass is 15.3. The first-order chi connectivity index (χ1) is 7.52. The highest BCUT2D eigenvalue weighted by molar-refractivity contribution is 4.94. The van der Waals surface area contributed by atoms with E-state index in [4.69, 9.17) is 0 Å². The van der Waals surface area contributed by atoms with Gasteiger partial charge >= 0.3 is 0 Å². The highest BCUT2D eigenvalue weighted by Gasteiger charge is 2.35. The van der Waals surface area contributed by atoms with Crippen LogP contribution in [0, 0.1) is 5.92 Å². The zero-order valence-electron chi connectivity index (χ0n) is 11.4. The van der Waals surface area contributed by atoms with Gasteiger partial charge in [0.2, 0.25) is 0 Å². The second-order valence-electron chi connectivity index (χ2n) is 6.53. The zero-order valence-corrected chi connectivity index (χ0v) is 11.4. The average Bonchev–Trinajstić information content (AvgIpc) is 3.02. The van der Waals surface area contributed by atoms with Crippen molar-refractivity contribution < 1.29 is 0 Å². The van der Waals surface area contributed by atoms with E-state index in [0.717, 1.165) is 18.5 Å². The van der Waals surface area contributed by atoms with E-state index in [1.165, 1.54) is 32.2 Å². The number of piperazine rings is 1. The lowest BCUT2D eigenvalue weighted by atomic mass is 9.95. The molecular weight excluding hydrogens is 196 g/mol. The van der Waals surface area contributed by atoms with Gasteiger partial charge in [0.1, 0.15) is 0 Å². The molecule has 2 rings (SSSR count). The minimum Gasteiger partial charge on any atom is -0.309 e. The number of rotatable bonds is 4. The third-order valence-electron chi connectivity index (χ3n) is 4.26. The molecule has 0 radical (unpaired) electrons. The van der Waals surface area contributed by atoms with Gasteiger partial charge in [0.25, 0.3) is 0 Å². The molecule has 1 aliphatic heterocycles. The molecule has 0 aromatic rings. The molecule has 0 spiro atoms. The van der Waals surface area contributed by atoms with Gasteiger partial charge < -0.3 is 5.32 Å². The lowest BCUT2D eigenvalue weighted by Crippen LogP contribution is -2.63. The molecule has 1 heterocycles. The van der Waals surface area contributed by atoms with Crippen LogP contribution in [0.4, 0.5) is 0 Å². The maximum Gasteiger partial charge on any atom is 0.0253 e. The van der Waals surface area contributed by atoms with Gasteiger partial charge in [-0.05, 0) is 39.5 Å². The van der Waals surface area contributed by atoms with Gasteiger partial charge in [0, 0.05) is 30.7 Å². The van der Waals surface area contributed by atoms with Gasteiger partial charge in [-0.3, -0.25) is 4.90 Å². The van der Waals surface area contributed by atoms with Gasteiger partial charge in [-0.2, -0.15) is 0 Å². The van der Waals surface area contributed by atoms with Crippen molar-refractivity contribution in [3.05, 3.63) is 0 Å². The Kier molecular flexibility index (Phi) is 3.60. The third-order valence-corrected chi connectivity index (χ3v) is 4.26. The fraction of sp³-hybridized carbons (Fsp3) is 1.00. The highest BCUT2D eigenvalue weighted by Crippen LogP contribution is 2.36. The Labute approximate surface area is 101 Å². The van der Waals surface area contributed by atoms with Crippen molar-refractivity contribution in [3.63, 3.8) is 0 Å². The van der Waals surface area contributed by atoms with E-state index in [0.29, 0.717) is 11.6 Å². The van der Waals surface area contributed by atoms with Crippen LogP contribution in [-0.4, -0.2) is 35.6 Å². The molecule has 0 aromatic heterocycles. The average molecular weight is 224 g/mol. The summed E-state index contributed by atoms with van der Waals surface area (Å²) in [7, 11) is 0. The van der Waals surface area contributed by atoms with Gasteiger partial charge in [-0.1, -0.05) is 19.8 Å². The second kappa shape index (κ2) is 4.66. The first-order valence-corrected chi connectivity index (χ1v) is 7.02. The molecule has 2 heteroatoms. The predicted octanol–water partition coefficient (Wildman–Crippen LogP) is 2.64. The summed E-state index contributed by atoms with van der Waals surface area (Å²) in [6.45, 7) is 11.7. The van der Waals surface area contributed by atoms with E-state index in [1.54, 1.807) is 0 Å². The van der Waals surface area contributed by atoms with E-state index >= 15 is 0 Å². The molecule has 0 amide bonds. The topological polar surface area (TPSA) is 15.3 Å². The maximum absolute atomic E-state index is 3.64. The molecule has 0 bridgehead atoms. The van der Waals surface area contributed by atoms with Crippen LogP contribution in [0.5, 0.6) is 0 Å². The van der Waals surface area contributed by atoms with Crippen molar-refractivity contribution in [2.24, 2.45) is 5.92 Å². The first-order valence-electron chi connectivity index (χ1n) is 7.02. The quantitative estimate of drug-likeness (QED) is 0.790. The van der Waals surface area contributed by atoms with Crippen molar-refractivity contribution in [3.8, 4) is 0 Å². The van der Waals surface area contributed by atoms with Crippen molar-refractivity contribution in [2.45, 2.75) is 71.0 Å². The Bertz CT molecular complexity index is 233. The summed E-state index contributed by atoms with van der Waals surface area (Å²) in [5.74, 6) is 1.05. The molecule has 94 valence electrons. The molecule has 0 aromatic carbocycles. The summed E-state index contributed by atoms with van der Waals surface area (Å²) in [5, 5.41) is 3.64. The molecular formula is C14H28N2. The molecule has 16 heavy (non-hydrogen) atoms. The van der Waals surface area contributed by atoms with E-state index in [9.17, 15) is 0 Å². The SMILES string of the molecule is CCC(CC1CC1)N1CC(C)(C)NCC1C. The van der Waals surface area contributed by atoms with E-state index in [2.05, 4.69) is 37.9 Å². The Morgan fingerprint density at radius 2 is 2.06 bits per heavy atom. The molecule has 2 fully saturated rings. The van der Waals surface area contributed by atoms with E-state index < -0.39 is 0 Å². The smallest absolute Gasteiger partial charge is 0.0253 e. The minimum absolute atomic E-state index is 0.295. The molecule has 1 saturated heterocycles. The number of nitrogens with one attached hydrogen (secondary N) is 1. The van der Waals surface area contributed by atoms with Gasteiger partial charge in [-0.25, -0.2) is 0 Å². The van der Waals surface area contributed by atoms with Crippen LogP contribution in [0.3, 0.4) is 0 Å². The summed E-state index contributed by atoms with van der Waals surface area (Å²) in [4.78, 5) is 2.76. The van der Waals surface area contributed by atoms with Crippen molar-refractivity contribution >= 4 is 0 Å². The molecule has 2 unspecified atom stereocenters. The molecule has 1 N–H and O–H groups in total. The van der Waals surface area contributed by atoms with Crippen LogP contribution in [0.2, 0.25) is 0 Å². The lowest BCUT2D eigenvalue weighted by molar-refractivity contribution is 0.0542. The summed E-state index contributed by atoms with van der Waals surface area (Å²) < 4.78 is 0. The summed E-state index contributed by atoms with van der Waals surface area (Å²) in [6.07, 6.45) is 5.73. The van der Waals surface area contributed by atoms with Crippen LogP contribution in [0.15, 0.2) is 0 Å². The number of hydrogen-bond donors (Lipinski definition) is 1. The van der Waals surface area contributed by atoms with Crippen LogP contribution in [0.1, 0.15) is 53.4 Å². The Hall–Kier alpha value is -0.0800. The van der Waals surface area contributed by atoms with Crippen LogP contribution in [-0.2, 0) is 0 Å². The standard InChI is InChI=1S/C14H28N2/c1-5-13(8-12-6-7-12)16-10-14(3,4)15-9-11(16)2/h11-13,15H,5-10H2,1-4H3. The van der Waals surface area contributed by atoms with Crippen molar-refractivity contribution in [2.75, 3.05) is 13.1 Å². The Morgan fingerprint density at radius 3 is 2.62 bits per heavy atom. The third kappa shape index (κ3) is 2.98. The second-order valence-corrected chi connectivity index (χ2v) is 6.53. The van der Waals surface area contributed by atoms with Crippen molar-refractivity contribution in [1.82, 2.24) is 10.2 Å². The monoisotopic (exact) mass is 224 g/mol. The molecule has 2 atom stereocenters. The Morgan fingerprint density at radius 1 is 1.38 bits per heavy atom. The van der Waals surface area contributed by atoms with Crippen LogP contribution in [0.25, 0.3) is 0 Å². The summed E-state index contributed by atoms with van der Waals surface area (Å²) in [6, 6.07) is 1.53. The molecule has 1 saturated carbocycles.